The number of ether oxygens (including phenoxy) is 1. The highest BCUT2D eigenvalue weighted by Crippen LogP contribution is 2.45. The fourth-order valence-corrected chi connectivity index (χ4v) is 3.41. The molecule has 112 valence electrons. The van der Waals surface area contributed by atoms with Crippen LogP contribution in [-0.4, -0.2) is 30.4 Å². The molecule has 1 aliphatic heterocycles. The van der Waals surface area contributed by atoms with Crippen LogP contribution in [0, 0.1) is 11.3 Å². The minimum atomic E-state index is -0.220. The predicted molar refractivity (Wildman–Crippen MR) is 78.7 cm³/mol. The maximum absolute atomic E-state index is 12.0. The summed E-state index contributed by atoms with van der Waals surface area (Å²) in [5.74, 6) is 0.231. The van der Waals surface area contributed by atoms with Gasteiger partial charge in [0.15, 0.2) is 0 Å². The van der Waals surface area contributed by atoms with Crippen molar-refractivity contribution in [3.8, 4) is 0 Å². The normalized spacial score (nSPS) is 20.9. The van der Waals surface area contributed by atoms with E-state index >= 15 is 0 Å². The van der Waals surface area contributed by atoms with Gasteiger partial charge in [0.25, 0.3) is 0 Å². The summed E-state index contributed by atoms with van der Waals surface area (Å²) in [6, 6.07) is 9.72. The predicted octanol–water partition coefficient (Wildman–Crippen LogP) is 3.01. The number of benzene rings is 1. The van der Waals surface area contributed by atoms with Crippen LogP contribution in [0.25, 0.3) is 0 Å². The SMILES string of the molecule is O=CC1CCC2(CC1)CN(C(=O)OCc1ccccc1)C2. The van der Waals surface area contributed by atoms with E-state index in [1.54, 1.807) is 4.90 Å². The molecule has 1 saturated carbocycles. The van der Waals surface area contributed by atoms with E-state index in [1.165, 1.54) is 0 Å². The van der Waals surface area contributed by atoms with Crippen molar-refractivity contribution in [2.24, 2.45) is 11.3 Å². The van der Waals surface area contributed by atoms with Gasteiger partial charge in [-0.15, -0.1) is 0 Å². The molecule has 1 spiro atoms. The third-order valence-corrected chi connectivity index (χ3v) is 4.80. The summed E-state index contributed by atoms with van der Waals surface area (Å²) in [6.07, 6.45) is 4.91. The van der Waals surface area contributed by atoms with Gasteiger partial charge in [0, 0.05) is 24.4 Å². The molecule has 0 aromatic heterocycles. The number of hydrogen-bond donors (Lipinski definition) is 0. The first-order valence-electron chi connectivity index (χ1n) is 7.62. The third kappa shape index (κ3) is 3.09. The van der Waals surface area contributed by atoms with Crippen molar-refractivity contribution < 1.29 is 14.3 Å². The van der Waals surface area contributed by atoms with Gasteiger partial charge in [-0.25, -0.2) is 4.79 Å². The lowest BCUT2D eigenvalue weighted by Crippen LogP contribution is -2.59. The maximum atomic E-state index is 12.0. The molecule has 1 aliphatic carbocycles. The van der Waals surface area contributed by atoms with Crippen LogP contribution in [0.15, 0.2) is 30.3 Å². The molecule has 0 N–H and O–H groups in total. The summed E-state index contributed by atoms with van der Waals surface area (Å²) >= 11 is 0. The minimum Gasteiger partial charge on any atom is -0.445 e. The van der Waals surface area contributed by atoms with Crippen molar-refractivity contribution in [3.63, 3.8) is 0 Å². The summed E-state index contributed by atoms with van der Waals surface area (Å²) in [6.45, 7) is 1.90. The second kappa shape index (κ2) is 5.88. The molecular weight excluding hydrogens is 266 g/mol. The summed E-state index contributed by atoms with van der Waals surface area (Å²) in [5, 5.41) is 0. The van der Waals surface area contributed by atoms with Gasteiger partial charge in [-0.1, -0.05) is 30.3 Å². The Bertz CT molecular complexity index is 498. The van der Waals surface area contributed by atoms with Crippen LogP contribution in [0.1, 0.15) is 31.2 Å². The molecule has 1 aromatic rings. The van der Waals surface area contributed by atoms with Crippen molar-refractivity contribution >= 4 is 12.4 Å². The number of rotatable bonds is 3. The summed E-state index contributed by atoms with van der Waals surface area (Å²) < 4.78 is 5.34. The Morgan fingerprint density at radius 1 is 1.24 bits per heavy atom. The highest BCUT2D eigenvalue weighted by Gasteiger charge is 2.47. The van der Waals surface area contributed by atoms with Crippen LogP contribution >= 0.6 is 0 Å². The van der Waals surface area contributed by atoms with Crippen LogP contribution in [0.2, 0.25) is 0 Å². The number of nitrogens with zero attached hydrogens (tertiary/aromatic N) is 1. The Kier molecular flexibility index (Phi) is 3.95. The molecule has 0 radical (unpaired) electrons. The quantitative estimate of drug-likeness (QED) is 0.803. The second-order valence-electron chi connectivity index (χ2n) is 6.37. The first-order chi connectivity index (χ1) is 10.2. The van der Waals surface area contributed by atoms with Crippen LogP contribution in [-0.2, 0) is 16.1 Å². The van der Waals surface area contributed by atoms with Gasteiger partial charge >= 0.3 is 6.09 Å². The molecule has 21 heavy (non-hydrogen) atoms. The molecule has 1 aromatic carbocycles. The summed E-state index contributed by atoms with van der Waals surface area (Å²) in [4.78, 5) is 24.6. The van der Waals surface area contributed by atoms with E-state index in [9.17, 15) is 9.59 Å². The van der Waals surface area contributed by atoms with Crippen molar-refractivity contribution in [2.75, 3.05) is 13.1 Å². The van der Waals surface area contributed by atoms with E-state index in [4.69, 9.17) is 4.74 Å². The molecule has 0 atom stereocenters. The Balaban J connectivity index is 1.43. The number of likely N-dealkylation sites (tertiary alicyclic amines) is 1. The molecule has 0 bridgehead atoms. The Labute approximate surface area is 125 Å². The van der Waals surface area contributed by atoms with Crippen molar-refractivity contribution in [1.82, 2.24) is 4.90 Å². The zero-order chi connectivity index (χ0) is 14.7. The lowest BCUT2D eigenvalue weighted by Gasteiger charge is -2.52. The van der Waals surface area contributed by atoms with E-state index in [-0.39, 0.29) is 17.4 Å². The molecular formula is C17H21NO3. The molecule has 1 heterocycles. The highest BCUT2D eigenvalue weighted by molar-refractivity contribution is 5.69. The van der Waals surface area contributed by atoms with Gasteiger partial charge in [0.2, 0.25) is 0 Å². The fourth-order valence-electron chi connectivity index (χ4n) is 3.41. The maximum Gasteiger partial charge on any atom is 0.410 e. The summed E-state index contributed by atoms with van der Waals surface area (Å²) in [7, 11) is 0. The second-order valence-corrected chi connectivity index (χ2v) is 6.37. The van der Waals surface area contributed by atoms with Crippen molar-refractivity contribution in [1.29, 1.82) is 0 Å². The molecule has 1 saturated heterocycles. The zero-order valence-corrected chi connectivity index (χ0v) is 12.2. The van der Waals surface area contributed by atoms with Gasteiger partial charge in [0.05, 0.1) is 0 Å². The van der Waals surface area contributed by atoms with Gasteiger partial charge in [-0.2, -0.15) is 0 Å². The molecule has 4 heteroatoms. The molecule has 0 unspecified atom stereocenters. The molecule has 3 rings (SSSR count). The van der Waals surface area contributed by atoms with Crippen molar-refractivity contribution in [2.45, 2.75) is 32.3 Å². The van der Waals surface area contributed by atoms with Gasteiger partial charge < -0.3 is 14.4 Å². The van der Waals surface area contributed by atoms with Crippen LogP contribution in [0.5, 0.6) is 0 Å². The number of hydrogen-bond acceptors (Lipinski definition) is 3. The third-order valence-electron chi connectivity index (χ3n) is 4.80. The van der Waals surface area contributed by atoms with E-state index in [2.05, 4.69) is 0 Å². The van der Waals surface area contributed by atoms with Crippen LogP contribution < -0.4 is 0 Å². The Morgan fingerprint density at radius 2 is 1.90 bits per heavy atom. The summed E-state index contributed by atoms with van der Waals surface area (Å²) in [5.41, 5.74) is 1.26. The smallest absolute Gasteiger partial charge is 0.410 e. The van der Waals surface area contributed by atoms with Crippen LogP contribution in [0.3, 0.4) is 0 Å². The van der Waals surface area contributed by atoms with E-state index in [1.807, 2.05) is 30.3 Å². The largest absolute Gasteiger partial charge is 0.445 e. The lowest BCUT2D eigenvalue weighted by molar-refractivity contribution is -0.114. The first kappa shape index (κ1) is 14.1. The Morgan fingerprint density at radius 3 is 2.52 bits per heavy atom. The number of carbonyl (C=O) groups excluding carboxylic acids is 2. The highest BCUT2D eigenvalue weighted by atomic mass is 16.6. The van der Waals surface area contributed by atoms with Gasteiger partial charge in [-0.3, -0.25) is 0 Å². The number of carbonyl (C=O) groups is 2. The topological polar surface area (TPSA) is 46.6 Å². The first-order valence-corrected chi connectivity index (χ1v) is 7.62. The van der Waals surface area contributed by atoms with Crippen LogP contribution in [0.4, 0.5) is 4.79 Å². The van der Waals surface area contributed by atoms with Crippen molar-refractivity contribution in [3.05, 3.63) is 35.9 Å². The standard InChI is InChI=1S/C17H21NO3/c19-10-14-6-8-17(9-7-14)12-18(13-17)16(20)21-11-15-4-2-1-3-5-15/h1-5,10,14H,6-9,11-13H2. The molecule has 4 nitrogen and oxygen atoms in total. The zero-order valence-electron chi connectivity index (χ0n) is 12.2. The van der Waals surface area contributed by atoms with E-state index in [0.29, 0.717) is 6.61 Å². The fraction of sp³-hybridized carbons (Fsp3) is 0.529. The van der Waals surface area contributed by atoms with E-state index < -0.39 is 0 Å². The Hall–Kier alpha value is -1.84. The molecule has 1 amide bonds. The molecule has 2 aliphatic rings. The monoisotopic (exact) mass is 287 g/mol. The van der Waals surface area contributed by atoms with Gasteiger partial charge in [-0.05, 0) is 31.2 Å². The lowest BCUT2D eigenvalue weighted by atomic mass is 9.66. The number of aldehydes is 1. The minimum absolute atomic E-state index is 0.220. The average Bonchev–Trinajstić information content (AvgIpc) is 2.51. The number of amides is 1. The van der Waals surface area contributed by atoms with E-state index in [0.717, 1.165) is 50.6 Å². The van der Waals surface area contributed by atoms with Gasteiger partial charge in [0.1, 0.15) is 12.9 Å². The molecule has 2 fully saturated rings. The average molecular weight is 287 g/mol.